The van der Waals surface area contributed by atoms with Gasteiger partial charge in [-0.3, -0.25) is 14.5 Å². The van der Waals surface area contributed by atoms with Crippen LogP contribution < -0.4 is 9.47 Å². The molecule has 2 amide bonds. The smallest absolute Gasteiger partial charge is 0.293 e. The number of halogens is 1. The van der Waals surface area contributed by atoms with E-state index in [2.05, 4.69) is 21.9 Å². The molecular weight excluding hydrogens is 454 g/mol. The quantitative estimate of drug-likeness (QED) is 0.415. The molecule has 1 saturated heterocycles. The minimum Gasteiger partial charge on any atom is -0.490 e. The van der Waals surface area contributed by atoms with Crippen molar-refractivity contribution in [1.82, 2.24) is 4.90 Å². The van der Waals surface area contributed by atoms with Crippen LogP contribution >= 0.6 is 27.7 Å². The number of amides is 2. The molecule has 1 aliphatic rings. The number of nitrogens with zero attached hydrogens (tertiary/aromatic N) is 1. The van der Waals surface area contributed by atoms with E-state index in [4.69, 9.17) is 15.9 Å². The van der Waals surface area contributed by atoms with Crippen LogP contribution in [0.2, 0.25) is 0 Å². The number of terminal acetylenes is 1. The normalized spacial score (nSPS) is 14.9. The summed E-state index contributed by atoms with van der Waals surface area (Å²) in [6.07, 6.45) is 6.94. The van der Waals surface area contributed by atoms with Gasteiger partial charge < -0.3 is 9.47 Å². The highest BCUT2D eigenvalue weighted by Gasteiger charge is 2.35. The lowest BCUT2D eigenvalue weighted by Crippen LogP contribution is -2.27. The van der Waals surface area contributed by atoms with Gasteiger partial charge in [0.05, 0.1) is 22.5 Å². The summed E-state index contributed by atoms with van der Waals surface area (Å²) in [5.41, 5.74) is 1.60. The number of imide groups is 1. The Morgan fingerprint density at radius 3 is 2.66 bits per heavy atom. The minimum atomic E-state index is -0.314. The van der Waals surface area contributed by atoms with Gasteiger partial charge in [-0.15, -0.1) is 6.42 Å². The van der Waals surface area contributed by atoms with Gasteiger partial charge in [-0.25, -0.2) is 0 Å². The summed E-state index contributed by atoms with van der Waals surface area (Å²) in [4.78, 5) is 26.7. The molecule has 7 heteroatoms. The van der Waals surface area contributed by atoms with Crippen LogP contribution in [0.25, 0.3) is 6.08 Å². The third-order valence-electron chi connectivity index (χ3n) is 3.99. The van der Waals surface area contributed by atoms with Gasteiger partial charge in [0.2, 0.25) is 0 Å². The van der Waals surface area contributed by atoms with Gasteiger partial charge in [-0.05, 0) is 64.0 Å². The summed E-state index contributed by atoms with van der Waals surface area (Å²) in [5.74, 6) is 3.11. The Hall–Kier alpha value is -2.69. The SMILES string of the molecule is C#CCOc1c(Br)cc(/C=C2\SC(=O)N(Cc3ccccc3)C2=O)cc1OCC. The number of thioether (sulfide) groups is 1. The molecule has 3 rings (SSSR count). The van der Waals surface area contributed by atoms with Crippen molar-refractivity contribution in [2.45, 2.75) is 13.5 Å². The van der Waals surface area contributed by atoms with Crippen LogP contribution in [0.15, 0.2) is 51.8 Å². The van der Waals surface area contributed by atoms with Crippen LogP contribution in [0.3, 0.4) is 0 Å². The van der Waals surface area contributed by atoms with Gasteiger partial charge in [-0.1, -0.05) is 36.3 Å². The third kappa shape index (κ3) is 5.03. The highest BCUT2D eigenvalue weighted by molar-refractivity contribution is 9.10. The predicted molar refractivity (Wildman–Crippen MR) is 118 cm³/mol. The van der Waals surface area contributed by atoms with Crippen LogP contribution in [-0.4, -0.2) is 29.3 Å². The summed E-state index contributed by atoms with van der Waals surface area (Å²) in [7, 11) is 0. The molecule has 0 aliphatic carbocycles. The Kier molecular flexibility index (Phi) is 7.02. The highest BCUT2D eigenvalue weighted by atomic mass is 79.9. The van der Waals surface area contributed by atoms with E-state index in [1.807, 2.05) is 37.3 Å². The second kappa shape index (κ2) is 9.68. The molecule has 0 spiro atoms. The van der Waals surface area contributed by atoms with Crippen molar-refractivity contribution in [3.8, 4) is 23.8 Å². The van der Waals surface area contributed by atoms with Gasteiger partial charge in [0.15, 0.2) is 11.5 Å². The molecular formula is C22H18BrNO4S. The molecule has 5 nitrogen and oxygen atoms in total. The van der Waals surface area contributed by atoms with E-state index >= 15 is 0 Å². The Labute approximate surface area is 182 Å². The molecule has 1 heterocycles. The molecule has 0 N–H and O–H groups in total. The Bertz CT molecular complexity index is 998. The largest absolute Gasteiger partial charge is 0.490 e. The second-order valence-electron chi connectivity index (χ2n) is 6.01. The topological polar surface area (TPSA) is 55.8 Å². The highest BCUT2D eigenvalue weighted by Crippen LogP contribution is 2.39. The van der Waals surface area contributed by atoms with Crippen molar-refractivity contribution in [3.05, 3.63) is 63.0 Å². The predicted octanol–water partition coefficient (Wildman–Crippen LogP) is 5.10. The molecule has 0 radical (unpaired) electrons. The van der Waals surface area contributed by atoms with Crippen LogP contribution in [0.1, 0.15) is 18.1 Å². The number of benzene rings is 2. The third-order valence-corrected chi connectivity index (χ3v) is 5.48. The summed E-state index contributed by atoms with van der Waals surface area (Å²) < 4.78 is 11.8. The zero-order valence-corrected chi connectivity index (χ0v) is 18.1. The van der Waals surface area contributed by atoms with Crippen molar-refractivity contribution in [2.24, 2.45) is 0 Å². The van der Waals surface area contributed by atoms with Gasteiger partial charge in [0.25, 0.3) is 11.1 Å². The molecule has 0 bridgehead atoms. The molecule has 2 aromatic rings. The minimum absolute atomic E-state index is 0.108. The monoisotopic (exact) mass is 471 g/mol. The van der Waals surface area contributed by atoms with E-state index in [1.54, 1.807) is 18.2 Å². The van der Waals surface area contributed by atoms with Crippen LogP contribution in [0.5, 0.6) is 11.5 Å². The first-order valence-electron chi connectivity index (χ1n) is 8.85. The first kappa shape index (κ1) is 21.0. The molecule has 0 aromatic heterocycles. The maximum atomic E-state index is 12.8. The lowest BCUT2D eigenvalue weighted by atomic mass is 10.1. The molecule has 148 valence electrons. The maximum absolute atomic E-state index is 12.8. The lowest BCUT2D eigenvalue weighted by Gasteiger charge is -2.13. The molecule has 29 heavy (non-hydrogen) atoms. The second-order valence-corrected chi connectivity index (χ2v) is 7.86. The number of ether oxygens (including phenoxy) is 2. The Morgan fingerprint density at radius 2 is 1.97 bits per heavy atom. The van der Waals surface area contributed by atoms with E-state index < -0.39 is 0 Å². The van der Waals surface area contributed by atoms with E-state index in [1.165, 1.54) is 4.90 Å². The molecule has 0 unspecified atom stereocenters. The summed E-state index contributed by atoms with van der Waals surface area (Å²) in [6, 6.07) is 13.0. The van der Waals surface area contributed by atoms with Crippen molar-refractivity contribution >= 4 is 44.9 Å². The van der Waals surface area contributed by atoms with Crippen molar-refractivity contribution < 1.29 is 19.1 Å². The molecule has 0 saturated carbocycles. The fourth-order valence-corrected chi connectivity index (χ4v) is 4.15. The number of rotatable bonds is 7. The van der Waals surface area contributed by atoms with Crippen LogP contribution in [0.4, 0.5) is 4.79 Å². The zero-order chi connectivity index (χ0) is 20.8. The van der Waals surface area contributed by atoms with Crippen molar-refractivity contribution in [1.29, 1.82) is 0 Å². The van der Waals surface area contributed by atoms with Crippen molar-refractivity contribution in [3.63, 3.8) is 0 Å². The van der Waals surface area contributed by atoms with Gasteiger partial charge in [0.1, 0.15) is 6.61 Å². The number of carbonyl (C=O) groups is 2. The Morgan fingerprint density at radius 1 is 1.21 bits per heavy atom. The van der Waals surface area contributed by atoms with E-state index in [0.717, 1.165) is 17.3 Å². The van der Waals surface area contributed by atoms with E-state index in [9.17, 15) is 9.59 Å². The standard InChI is InChI=1S/C22H18BrNO4S/c1-3-10-28-20-17(23)11-16(12-18(20)27-4-2)13-19-21(25)24(22(26)29-19)14-15-8-6-5-7-9-15/h1,5-9,11-13H,4,10,14H2,2H3/b19-13-. The summed E-state index contributed by atoms with van der Waals surface area (Å²) in [6.45, 7) is 2.66. The summed E-state index contributed by atoms with van der Waals surface area (Å²) in [5, 5.41) is -0.289. The maximum Gasteiger partial charge on any atom is 0.293 e. The van der Waals surface area contributed by atoms with Crippen LogP contribution in [-0.2, 0) is 11.3 Å². The molecule has 0 atom stereocenters. The van der Waals surface area contributed by atoms with E-state index in [-0.39, 0.29) is 24.3 Å². The number of carbonyl (C=O) groups excluding carboxylic acids is 2. The number of hydrogen-bond donors (Lipinski definition) is 0. The van der Waals surface area contributed by atoms with Crippen LogP contribution in [0, 0.1) is 12.3 Å². The molecule has 2 aromatic carbocycles. The average molecular weight is 472 g/mol. The van der Waals surface area contributed by atoms with Crippen molar-refractivity contribution in [2.75, 3.05) is 13.2 Å². The van der Waals surface area contributed by atoms with E-state index in [0.29, 0.717) is 33.0 Å². The fourth-order valence-electron chi connectivity index (χ4n) is 2.74. The first-order chi connectivity index (χ1) is 14.0. The zero-order valence-electron chi connectivity index (χ0n) is 15.7. The Balaban J connectivity index is 1.86. The average Bonchev–Trinajstić information content (AvgIpc) is 2.96. The summed E-state index contributed by atoms with van der Waals surface area (Å²) >= 11 is 4.38. The first-order valence-corrected chi connectivity index (χ1v) is 10.5. The molecule has 1 aliphatic heterocycles. The van der Waals surface area contributed by atoms with Gasteiger partial charge in [0, 0.05) is 0 Å². The lowest BCUT2D eigenvalue weighted by molar-refractivity contribution is -0.123. The molecule has 1 fully saturated rings. The fraction of sp³-hybridized carbons (Fsp3) is 0.182. The van der Waals surface area contributed by atoms with Gasteiger partial charge >= 0.3 is 0 Å². The van der Waals surface area contributed by atoms with Gasteiger partial charge in [-0.2, -0.15) is 0 Å². The number of hydrogen-bond acceptors (Lipinski definition) is 5.